The molecule has 0 N–H and O–H groups in total. The predicted molar refractivity (Wildman–Crippen MR) is 54.5 cm³/mol. The topological polar surface area (TPSA) is 30.2 Å². The van der Waals surface area contributed by atoms with E-state index < -0.39 is 0 Å². The van der Waals surface area contributed by atoms with Crippen molar-refractivity contribution in [1.29, 1.82) is 0 Å². The van der Waals surface area contributed by atoms with Crippen LogP contribution in [0, 0.1) is 0 Å². The van der Waals surface area contributed by atoms with Crippen LogP contribution < -0.4 is 0 Å². The van der Waals surface area contributed by atoms with E-state index in [0.29, 0.717) is 10.6 Å². The van der Waals surface area contributed by atoms with Crippen LogP contribution in [0.25, 0.3) is 11.1 Å². The number of aldehydes is 1. The third-order valence-electron chi connectivity index (χ3n) is 1.97. The summed E-state index contributed by atoms with van der Waals surface area (Å²) in [5, 5.41) is 0.604. The molecule has 0 amide bonds. The highest BCUT2D eigenvalue weighted by atomic mass is 35.5. The zero-order valence-corrected chi connectivity index (χ0v) is 7.99. The fourth-order valence-electron chi connectivity index (χ4n) is 1.30. The molecule has 0 aliphatic rings. The molecule has 0 aliphatic heterocycles. The van der Waals surface area contributed by atoms with Gasteiger partial charge in [0.25, 0.3) is 0 Å². The summed E-state index contributed by atoms with van der Waals surface area (Å²) in [6.45, 7) is 0. The summed E-state index contributed by atoms with van der Waals surface area (Å²) in [7, 11) is 0. The molecule has 1 aromatic heterocycles. The van der Waals surface area contributed by atoms with E-state index in [4.69, 9.17) is 16.0 Å². The van der Waals surface area contributed by atoms with Gasteiger partial charge in [0.05, 0.1) is 12.5 Å². The van der Waals surface area contributed by atoms with Crippen molar-refractivity contribution in [1.82, 2.24) is 0 Å². The SMILES string of the molecule is O=Cc1ccc(Cl)cc1-c1ccoc1. The fourth-order valence-corrected chi connectivity index (χ4v) is 1.47. The maximum atomic E-state index is 10.8. The van der Waals surface area contributed by atoms with Gasteiger partial charge in [0, 0.05) is 16.1 Å². The summed E-state index contributed by atoms with van der Waals surface area (Å²) in [4.78, 5) is 10.8. The molecule has 2 nitrogen and oxygen atoms in total. The quantitative estimate of drug-likeness (QED) is 0.705. The maximum absolute atomic E-state index is 10.8. The lowest BCUT2D eigenvalue weighted by Gasteiger charge is -2.01. The molecule has 0 fully saturated rings. The number of hydrogen-bond donors (Lipinski definition) is 0. The van der Waals surface area contributed by atoms with Crippen molar-refractivity contribution in [3.8, 4) is 11.1 Å². The number of benzene rings is 1. The number of hydrogen-bond acceptors (Lipinski definition) is 2. The highest BCUT2D eigenvalue weighted by Gasteiger charge is 2.05. The van der Waals surface area contributed by atoms with Crippen molar-refractivity contribution in [2.45, 2.75) is 0 Å². The summed E-state index contributed by atoms with van der Waals surface area (Å²) < 4.78 is 4.95. The highest BCUT2D eigenvalue weighted by molar-refractivity contribution is 6.31. The second-order valence-electron chi connectivity index (χ2n) is 2.86. The Bertz CT molecular complexity index is 446. The fraction of sp³-hybridized carbons (Fsp3) is 0. The average Bonchev–Trinajstić information content (AvgIpc) is 2.70. The molecule has 2 aromatic rings. The van der Waals surface area contributed by atoms with Gasteiger partial charge in [-0.05, 0) is 29.8 Å². The van der Waals surface area contributed by atoms with E-state index in [1.807, 2.05) is 0 Å². The Labute approximate surface area is 86.1 Å². The smallest absolute Gasteiger partial charge is 0.150 e. The lowest BCUT2D eigenvalue weighted by atomic mass is 10.0. The van der Waals surface area contributed by atoms with Gasteiger partial charge in [-0.2, -0.15) is 0 Å². The molecule has 70 valence electrons. The van der Waals surface area contributed by atoms with Crippen LogP contribution in [0.3, 0.4) is 0 Å². The molecule has 0 atom stereocenters. The van der Waals surface area contributed by atoms with Crippen molar-refractivity contribution in [3.05, 3.63) is 47.4 Å². The standard InChI is InChI=1S/C11H7ClO2/c12-10-2-1-8(6-13)11(5-10)9-3-4-14-7-9/h1-7H. The van der Waals surface area contributed by atoms with E-state index in [1.165, 1.54) is 0 Å². The van der Waals surface area contributed by atoms with E-state index in [2.05, 4.69) is 0 Å². The first-order valence-corrected chi connectivity index (χ1v) is 4.46. The molecule has 1 heterocycles. The molecular weight excluding hydrogens is 200 g/mol. The van der Waals surface area contributed by atoms with E-state index >= 15 is 0 Å². The summed E-state index contributed by atoms with van der Waals surface area (Å²) in [5.41, 5.74) is 2.26. The van der Waals surface area contributed by atoms with Crippen molar-refractivity contribution in [2.24, 2.45) is 0 Å². The molecule has 14 heavy (non-hydrogen) atoms. The Morgan fingerprint density at radius 3 is 2.79 bits per heavy atom. The van der Waals surface area contributed by atoms with Crippen LogP contribution in [0.1, 0.15) is 10.4 Å². The number of carbonyl (C=O) groups excluding carboxylic acids is 1. The molecule has 1 aromatic carbocycles. The minimum absolute atomic E-state index is 0.604. The van der Waals surface area contributed by atoms with Crippen molar-refractivity contribution >= 4 is 17.9 Å². The molecule has 3 heteroatoms. The molecule has 0 unspecified atom stereocenters. The van der Waals surface area contributed by atoms with Crippen LogP contribution in [0.4, 0.5) is 0 Å². The average molecular weight is 207 g/mol. The first-order valence-electron chi connectivity index (χ1n) is 4.08. The normalized spacial score (nSPS) is 10.1. The van der Waals surface area contributed by atoms with Crippen molar-refractivity contribution in [2.75, 3.05) is 0 Å². The summed E-state index contributed by atoms with van der Waals surface area (Å²) in [5.74, 6) is 0. The molecule has 0 aliphatic carbocycles. The second-order valence-corrected chi connectivity index (χ2v) is 3.30. The summed E-state index contributed by atoms with van der Waals surface area (Å²) in [6, 6.07) is 6.92. The monoisotopic (exact) mass is 206 g/mol. The Kier molecular flexibility index (Phi) is 2.37. The first kappa shape index (κ1) is 9.03. The third-order valence-corrected chi connectivity index (χ3v) is 2.21. The molecule has 2 rings (SSSR count). The minimum atomic E-state index is 0.604. The Hall–Kier alpha value is -1.54. The maximum Gasteiger partial charge on any atom is 0.150 e. The number of halogens is 1. The predicted octanol–water partition coefficient (Wildman–Crippen LogP) is 3.41. The summed E-state index contributed by atoms with van der Waals surface area (Å²) >= 11 is 5.84. The van der Waals surface area contributed by atoms with Crippen LogP contribution in [0.2, 0.25) is 5.02 Å². The van der Waals surface area contributed by atoms with Crippen molar-refractivity contribution in [3.63, 3.8) is 0 Å². The van der Waals surface area contributed by atoms with Gasteiger partial charge in [0.2, 0.25) is 0 Å². The second kappa shape index (κ2) is 3.68. The van der Waals surface area contributed by atoms with Gasteiger partial charge >= 0.3 is 0 Å². The molecule has 0 bridgehead atoms. The van der Waals surface area contributed by atoms with Crippen LogP contribution in [-0.2, 0) is 0 Å². The minimum Gasteiger partial charge on any atom is -0.472 e. The molecule has 0 radical (unpaired) electrons. The first-order chi connectivity index (χ1) is 6.81. The Morgan fingerprint density at radius 1 is 1.29 bits per heavy atom. The van der Waals surface area contributed by atoms with Crippen LogP contribution in [-0.4, -0.2) is 6.29 Å². The Morgan fingerprint density at radius 2 is 2.14 bits per heavy atom. The Balaban J connectivity index is 2.61. The third kappa shape index (κ3) is 1.56. The van der Waals surface area contributed by atoms with Gasteiger partial charge < -0.3 is 4.42 Å². The summed E-state index contributed by atoms with van der Waals surface area (Å²) in [6.07, 6.45) is 3.95. The number of furan rings is 1. The van der Waals surface area contributed by atoms with E-state index in [-0.39, 0.29) is 0 Å². The lowest BCUT2D eigenvalue weighted by molar-refractivity contribution is 0.112. The van der Waals surface area contributed by atoms with Crippen molar-refractivity contribution < 1.29 is 9.21 Å². The van der Waals surface area contributed by atoms with Crippen LogP contribution in [0.5, 0.6) is 0 Å². The largest absolute Gasteiger partial charge is 0.472 e. The zero-order valence-electron chi connectivity index (χ0n) is 7.24. The van der Waals surface area contributed by atoms with Crippen LogP contribution >= 0.6 is 11.6 Å². The van der Waals surface area contributed by atoms with Gasteiger partial charge in [-0.25, -0.2) is 0 Å². The molecule has 0 saturated carbocycles. The number of carbonyl (C=O) groups is 1. The van der Waals surface area contributed by atoms with Gasteiger partial charge in [-0.1, -0.05) is 11.6 Å². The molecule has 0 spiro atoms. The molecule has 0 saturated heterocycles. The van der Waals surface area contributed by atoms with Crippen LogP contribution in [0.15, 0.2) is 41.2 Å². The van der Waals surface area contributed by atoms with Gasteiger partial charge in [-0.3, -0.25) is 4.79 Å². The van der Waals surface area contributed by atoms with Gasteiger partial charge in [-0.15, -0.1) is 0 Å². The van der Waals surface area contributed by atoms with E-state index in [9.17, 15) is 4.79 Å². The van der Waals surface area contributed by atoms with Gasteiger partial charge in [0.15, 0.2) is 6.29 Å². The lowest BCUT2D eigenvalue weighted by Crippen LogP contribution is -1.85. The zero-order chi connectivity index (χ0) is 9.97. The number of rotatable bonds is 2. The molecular formula is C11H7ClO2. The van der Waals surface area contributed by atoms with Gasteiger partial charge in [0.1, 0.15) is 0 Å². The highest BCUT2D eigenvalue weighted by Crippen LogP contribution is 2.26. The van der Waals surface area contributed by atoms with E-state index in [1.54, 1.807) is 36.8 Å². The van der Waals surface area contributed by atoms with E-state index in [0.717, 1.165) is 17.4 Å².